The zero-order chi connectivity index (χ0) is 34.7. The number of carbonyl (C=O) groups is 6. The van der Waals surface area contributed by atoms with Crippen LogP contribution in [-0.4, -0.2) is 106 Å². The first kappa shape index (κ1) is 38.9. The molecule has 14 nitrogen and oxygen atoms in total. The maximum Gasteiger partial charge on any atom is 0.326 e. The Hall–Kier alpha value is -3.26. The summed E-state index contributed by atoms with van der Waals surface area (Å²) in [4.78, 5) is 81.7. The van der Waals surface area contributed by atoms with Gasteiger partial charge < -0.3 is 42.3 Å². The van der Waals surface area contributed by atoms with Crippen molar-refractivity contribution in [2.24, 2.45) is 29.2 Å². The summed E-state index contributed by atoms with van der Waals surface area (Å²) >= 11 is 0. The monoisotopic (exact) mass is 651 g/mol. The van der Waals surface area contributed by atoms with Crippen LogP contribution in [0.3, 0.4) is 0 Å². The van der Waals surface area contributed by atoms with Gasteiger partial charge in [0.1, 0.15) is 30.2 Å². The number of carbonyl (C=O) groups excluding carboxylic acids is 5. The largest absolute Gasteiger partial charge is 0.480 e. The number of carboxylic acid groups (broad SMARTS) is 1. The lowest BCUT2D eigenvalue weighted by atomic mass is 9.98. The van der Waals surface area contributed by atoms with Gasteiger partial charge >= 0.3 is 5.97 Å². The molecular weight excluding hydrogens is 594 g/mol. The van der Waals surface area contributed by atoms with Crippen LogP contribution in [0.1, 0.15) is 92.9 Å². The molecule has 0 aromatic heterocycles. The number of aliphatic carboxylic acids is 1. The minimum Gasteiger partial charge on any atom is -0.480 e. The molecule has 2 aliphatic rings. The summed E-state index contributed by atoms with van der Waals surface area (Å²) in [5.74, 6) is -3.97. The van der Waals surface area contributed by atoms with Crippen LogP contribution >= 0.6 is 0 Å². The Morgan fingerprint density at radius 3 is 1.85 bits per heavy atom. The highest BCUT2D eigenvalue weighted by Crippen LogP contribution is 2.23. The highest BCUT2D eigenvalue weighted by atomic mass is 16.4. The molecule has 0 aliphatic carbocycles. The van der Waals surface area contributed by atoms with Crippen molar-refractivity contribution >= 4 is 35.5 Å². The second-order valence-corrected chi connectivity index (χ2v) is 13.8. The van der Waals surface area contributed by atoms with E-state index in [9.17, 15) is 33.9 Å². The molecule has 6 atom stereocenters. The van der Waals surface area contributed by atoms with Crippen molar-refractivity contribution in [2.75, 3.05) is 19.6 Å². The molecule has 2 aliphatic heterocycles. The van der Waals surface area contributed by atoms with Gasteiger partial charge in [-0.25, -0.2) is 4.79 Å². The Bertz CT molecular complexity index is 1080. The van der Waals surface area contributed by atoms with Crippen LogP contribution in [0.25, 0.3) is 0 Å². The van der Waals surface area contributed by atoms with Crippen LogP contribution in [0.2, 0.25) is 0 Å². The first-order chi connectivity index (χ1) is 21.6. The second-order valence-electron chi connectivity index (χ2n) is 13.8. The van der Waals surface area contributed by atoms with Crippen LogP contribution in [0.5, 0.6) is 0 Å². The van der Waals surface area contributed by atoms with Gasteiger partial charge in [-0.2, -0.15) is 0 Å². The zero-order valence-corrected chi connectivity index (χ0v) is 28.4. The number of likely N-dealkylation sites (tertiary alicyclic amines) is 2. The summed E-state index contributed by atoms with van der Waals surface area (Å²) < 4.78 is 0. The molecule has 0 spiro atoms. The number of rotatable bonds is 17. The SMILES string of the molecule is CC(C)C[C@H](NC(=O)[C@@H](NC(=O)[C@@H](N)CCCCN)C(C)C)C(=O)N1CCC[C@H]1C(=O)N[C@H](C(=O)N1CCC[C@H]1C(=O)O)C(C)C. The van der Waals surface area contributed by atoms with Crippen LogP contribution in [0.4, 0.5) is 0 Å². The van der Waals surface area contributed by atoms with E-state index in [0.717, 1.165) is 6.42 Å². The van der Waals surface area contributed by atoms with E-state index in [2.05, 4.69) is 16.0 Å². The topological polar surface area (TPSA) is 217 Å². The molecule has 2 fully saturated rings. The van der Waals surface area contributed by atoms with Gasteiger partial charge in [0.15, 0.2) is 0 Å². The first-order valence-electron chi connectivity index (χ1n) is 16.8. The lowest BCUT2D eigenvalue weighted by molar-refractivity contribution is -0.150. The number of unbranched alkanes of at least 4 members (excludes halogenated alkanes) is 1. The number of hydrogen-bond donors (Lipinski definition) is 6. The van der Waals surface area contributed by atoms with E-state index in [1.165, 1.54) is 9.80 Å². The normalized spacial score (nSPS) is 20.8. The van der Waals surface area contributed by atoms with Crippen LogP contribution in [-0.2, 0) is 28.8 Å². The van der Waals surface area contributed by atoms with E-state index in [-0.39, 0.29) is 17.8 Å². The first-order valence-corrected chi connectivity index (χ1v) is 16.8. The Balaban J connectivity index is 2.18. The molecule has 0 unspecified atom stereocenters. The van der Waals surface area contributed by atoms with Crippen molar-refractivity contribution in [1.82, 2.24) is 25.8 Å². The molecule has 0 saturated carbocycles. The maximum absolute atomic E-state index is 14.0. The minimum absolute atomic E-state index is 0.0257. The van der Waals surface area contributed by atoms with E-state index in [0.29, 0.717) is 64.6 Å². The average Bonchev–Trinajstić information content (AvgIpc) is 3.67. The summed E-state index contributed by atoms with van der Waals surface area (Å²) in [5, 5.41) is 18.0. The van der Waals surface area contributed by atoms with Crippen molar-refractivity contribution in [3.8, 4) is 0 Å². The Kier molecular flexibility index (Phi) is 15.4. The van der Waals surface area contributed by atoms with Crippen molar-refractivity contribution in [1.29, 1.82) is 0 Å². The van der Waals surface area contributed by atoms with E-state index >= 15 is 0 Å². The molecule has 5 amide bonds. The van der Waals surface area contributed by atoms with Crippen molar-refractivity contribution in [3.05, 3.63) is 0 Å². The minimum atomic E-state index is -1.07. The predicted octanol–water partition coefficient (Wildman–Crippen LogP) is 0.322. The van der Waals surface area contributed by atoms with Gasteiger partial charge in [0.05, 0.1) is 6.04 Å². The number of amides is 5. The van der Waals surface area contributed by atoms with Gasteiger partial charge in [-0.05, 0) is 69.2 Å². The standard InChI is InChI=1S/C32H57N7O7/c1-18(2)17-22(35-29(42)25(19(3)4)36-27(40)21(34)11-7-8-14-33)30(43)38-15-9-12-23(38)28(41)37-26(20(5)6)31(44)39-16-10-13-24(39)32(45)46/h18-26H,7-17,33-34H2,1-6H3,(H,35,42)(H,36,40)(H,37,41)(H,45,46)/t21-,22-,23-,24-,25-,26-/m0/s1. The van der Waals surface area contributed by atoms with Crippen LogP contribution < -0.4 is 27.4 Å². The quantitative estimate of drug-likeness (QED) is 0.119. The number of nitrogens with two attached hydrogens (primary N) is 2. The smallest absolute Gasteiger partial charge is 0.326 e. The second kappa shape index (κ2) is 18.2. The fourth-order valence-electron chi connectivity index (χ4n) is 6.12. The summed E-state index contributed by atoms with van der Waals surface area (Å²) in [7, 11) is 0. The fraction of sp³-hybridized carbons (Fsp3) is 0.812. The molecule has 2 saturated heterocycles. The van der Waals surface area contributed by atoms with Gasteiger partial charge in [0.25, 0.3) is 0 Å². The summed E-state index contributed by atoms with van der Waals surface area (Å²) in [6.07, 6.45) is 4.04. The van der Waals surface area contributed by atoms with E-state index in [1.807, 2.05) is 13.8 Å². The summed E-state index contributed by atoms with van der Waals surface area (Å²) in [6, 6.07) is -5.39. The van der Waals surface area contributed by atoms with Gasteiger partial charge in [0, 0.05) is 13.1 Å². The van der Waals surface area contributed by atoms with Crippen molar-refractivity contribution < 1.29 is 33.9 Å². The summed E-state index contributed by atoms with van der Waals surface area (Å²) in [5.41, 5.74) is 11.6. The number of carboxylic acids is 1. The average molecular weight is 652 g/mol. The van der Waals surface area contributed by atoms with Crippen LogP contribution in [0, 0.1) is 17.8 Å². The lowest BCUT2D eigenvalue weighted by Crippen LogP contribution is -2.60. The number of nitrogens with zero attached hydrogens (tertiary/aromatic N) is 2. The zero-order valence-electron chi connectivity index (χ0n) is 28.4. The van der Waals surface area contributed by atoms with E-state index in [4.69, 9.17) is 11.5 Å². The molecule has 0 aromatic rings. The van der Waals surface area contributed by atoms with Gasteiger partial charge in [-0.1, -0.05) is 48.0 Å². The van der Waals surface area contributed by atoms with E-state index < -0.39 is 71.8 Å². The Morgan fingerprint density at radius 2 is 1.33 bits per heavy atom. The number of hydrogen-bond acceptors (Lipinski definition) is 8. The molecule has 0 aromatic carbocycles. The van der Waals surface area contributed by atoms with Crippen LogP contribution in [0.15, 0.2) is 0 Å². The lowest BCUT2D eigenvalue weighted by Gasteiger charge is -2.33. The Labute approximate surface area is 273 Å². The highest BCUT2D eigenvalue weighted by molar-refractivity contribution is 5.96. The molecule has 46 heavy (non-hydrogen) atoms. The van der Waals surface area contributed by atoms with Gasteiger partial charge in [0.2, 0.25) is 29.5 Å². The fourth-order valence-corrected chi connectivity index (χ4v) is 6.12. The van der Waals surface area contributed by atoms with Crippen molar-refractivity contribution in [3.63, 3.8) is 0 Å². The maximum atomic E-state index is 14.0. The molecule has 2 heterocycles. The van der Waals surface area contributed by atoms with E-state index in [1.54, 1.807) is 27.7 Å². The molecule has 14 heteroatoms. The highest BCUT2D eigenvalue weighted by Gasteiger charge is 2.42. The Morgan fingerprint density at radius 1 is 0.761 bits per heavy atom. The summed E-state index contributed by atoms with van der Waals surface area (Å²) in [6.45, 7) is 12.1. The third-order valence-corrected chi connectivity index (χ3v) is 8.76. The van der Waals surface area contributed by atoms with Crippen molar-refractivity contribution in [2.45, 2.75) is 129 Å². The van der Waals surface area contributed by atoms with Gasteiger partial charge in [-0.3, -0.25) is 24.0 Å². The molecule has 0 radical (unpaired) electrons. The third-order valence-electron chi connectivity index (χ3n) is 8.76. The van der Waals surface area contributed by atoms with Gasteiger partial charge in [-0.15, -0.1) is 0 Å². The molecule has 262 valence electrons. The molecular formula is C32H57N7O7. The molecule has 0 bridgehead atoms. The molecule has 2 rings (SSSR count). The molecule has 8 N–H and O–H groups in total. The number of nitrogens with one attached hydrogen (secondary N) is 3. The third kappa shape index (κ3) is 10.6. The predicted molar refractivity (Wildman–Crippen MR) is 173 cm³/mol.